The second-order valence-electron chi connectivity index (χ2n) is 4.67. The summed E-state index contributed by atoms with van der Waals surface area (Å²) >= 11 is 0. The maximum atomic E-state index is 11.6. The number of aliphatic hydroxyl groups is 1. The Balaban J connectivity index is 2.29. The first kappa shape index (κ1) is 16.4. The molecule has 0 heterocycles. The summed E-state index contributed by atoms with van der Waals surface area (Å²) in [6.45, 7) is 5.57. The van der Waals surface area contributed by atoms with Crippen LogP contribution in [0.4, 0.5) is 0 Å². The lowest BCUT2D eigenvalue weighted by atomic mass is 10.1. The first-order chi connectivity index (χ1) is 9.63. The molecule has 0 aliphatic heterocycles. The SMILES string of the molecule is Cc1ccc(/C=C/C(=O)NCCCOCCO)c(C)c1. The topological polar surface area (TPSA) is 58.6 Å². The third-order valence-corrected chi connectivity index (χ3v) is 2.84. The van der Waals surface area contributed by atoms with Crippen molar-refractivity contribution in [1.29, 1.82) is 0 Å². The molecule has 1 aromatic rings. The summed E-state index contributed by atoms with van der Waals surface area (Å²) in [7, 11) is 0. The molecule has 1 amide bonds. The van der Waals surface area contributed by atoms with Gasteiger partial charge < -0.3 is 15.2 Å². The van der Waals surface area contributed by atoms with Crippen molar-refractivity contribution in [1.82, 2.24) is 5.32 Å². The van der Waals surface area contributed by atoms with Crippen molar-refractivity contribution in [2.24, 2.45) is 0 Å². The standard InChI is InChI=1S/C16H23NO3/c1-13-4-5-15(14(2)12-13)6-7-16(19)17-8-3-10-20-11-9-18/h4-7,12,18H,3,8-11H2,1-2H3,(H,17,19)/b7-6+. The van der Waals surface area contributed by atoms with Gasteiger partial charge in [-0.05, 0) is 37.5 Å². The van der Waals surface area contributed by atoms with Gasteiger partial charge in [-0.3, -0.25) is 4.79 Å². The van der Waals surface area contributed by atoms with E-state index in [0.717, 1.165) is 17.5 Å². The van der Waals surface area contributed by atoms with E-state index >= 15 is 0 Å². The number of nitrogens with one attached hydrogen (secondary N) is 1. The van der Waals surface area contributed by atoms with Gasteiger partial charge in [0.1, 0.15) is 0 Å². The molecule has 0 radical (unpaired) electrons. The number of aryl methyl sites for hydroxylation is 2. The van der Waals surface area contributed by atoms with Crippen molar-refractivity contribution < 1.29 is 14.6 Å². The van der Waals surface area contributed by atoms with Crippen LogP contribution in [0.2, 0.25) is 0 Å². The van der Waals surface area contributed by atoms with E-state index in [-0.39, 0.29) is 12.5 Å². The van der Waals surface area contributed by atoms with Crippen molar-refractivity contribution in [3.8, 4) is 0 Å². The zero-order valence-electron chi connectivity index (χ0n) is 12.2. The summed E-state index contributed by atoms with van der Waals surface area (Å²) in [6, 6.07) is 6.14. The largest absolute Gasteiger partial charge is 0.394 e. The Morgan fingerprint density at radius 2 is 2.15 bits per heavy atom. The molecule has 110 valence electrons. The Labute approximate surface area is 120 Å². The number of benzene rings is 1. The Bertz CT molecular complexity index is 455. The van der Waals surface area contributed by atoms with E-state index in [4.69, 9.17) is 9.84 Å². The highest BCUT2D eigenvalue weighted by molar-refractivity contribution is 5.91. The number of rotatable bonds is 8. The van der Waals surface area contributed by atoms with Crippen LogP contribution in [0.1, 0.15) is 23.1 Å². The van der Waals surface area contributed by atoms with Gasteiger partial charge in [-0.2, -0.15) is 0 Å². The second kappa shape index (κ2) is 9.28. The lowest BCUT2D eigenvalue weighted by Gasteiger charge is -2.04. The van der Waals surface area contributed by atoms with Crippen molar-refractivity contribution in [2.45, 2.75) is 20.3 Å². The Hall–Kier alpha value is -1.65. The predicted molar refractivity (Wildman–Crippen MR) is 80.5 cm³/mol. The molecule has 0 aromatic heterocycles. The van der Waals surface area contributed by atoms with E-state index < -0.39 is 0 Å². The van der Waals surface area contributed by atoms with Gasteiger partial charge in [0.15, 0.2) is 0 Å². The van der Waals surface area contributed by atoms with E-state index in [1.165, 1.54) is 5.56 Å². The third-order valence-electron chi connectivity index (χ3n) is 2.84. The summed E-state index contributed by atoms with van der Waals surface area (Å²) in [5.74, 6) is -0.105. The Kier molecular flexibility index (Phi) is 7.62. The van der Waals surface area contributed by atoms with Crippen LogP contribution in [0.25, 0.3) is 6.08 Å². The molecule has 4 nitrogen and oxygen atoms in total. The molecule has 0 bridgehead atoms. The number of amides is 1. The molecule has 1 rings (SSSR count). The Morgan fingerprint density at radius 1 is 1.35 bits per heavy atom. The fourth-order valence-electron chi connectivity index (χ4n) is 1.79. The monoisotopic (exact) mass is 277 g/mol. The zero-order valence-corrected chi connectivity index (χ0v) is 12.2. The Morgan fingerprint density at radius 3 is 2.85 bits per heavy atom. The van der Waals surface area contributed by atoms with Gasteiger partial charge in [-0.1, -0.05) is 23.8 Å². The summed E-state index contributed by atoms with van der Waals surface area (Å²) in [4.78, 5) is 11.6. The first-order valence-corrected chi connectivity index (χ1v) is 6.85. The van der Waals surface area contributed by atoms with Gasteiger partial charge in [0.05, 0.1) is 13.2 Å². The molecule has 2 N–H and O–H groups in total. The molecule has 20 heavy (non-hydrogen) atoms. The molecular weight excluding hydrogens is 254 g/mol. The predicted octanol–water partition coefficient (Wildman–Crippen LogP) is 1.83. The minimum Gasteiger partial charge on any atom is -0.394 e. The lowest BCUT2D eigenvalue weighted by Crippen LogP contribution is -2.23. The number of aliphatic hydroxyl groups excluding tert-OH is 1. The van der Waals surface area contributed by atoms with Crippen molar-refractivity contribution in [3.05, 3.63) is 41.0 Å². The molecule has 0 saturated carbocycles. The summed E-state index contributed by atoms with van der Waals surface area (Å²) in [5.41, 5.74) is 3.43. The average Bonchev–Trinajstić information content (AvgIpc) is 2.41. The van der Waals surface area contributed by atoms with E-state index in [9.17, 15) is 4.79 Å². The van der Waals surface area contributed by atoms with Crippen molar-refractivity contribution in [3.63, 3.8) is 0 Å². The summed E-state index contributed by atoms with van der Waals surface area (Å²) < 4.78 is 5.10. The van der Waals surface area contributed by atoms with Gasteiger partial charge >= 0.3 is 0 Å². The highest BCUT2D eigenvalue weighted by atomic mass is 16.5. The molecular formula is C16H23NO3. The number of carbonyl (C=O) groups excluding carboxylic acids is 1. The molecule has 0 aliphatic rings. The zero-order chi connectivity index (χ0) is 14.8. The minimum absolute atomic E-state index is 0.0327. The summed E-state index contributed by atoms with van der Waals surface area (Å²) in [6.07, 6.45) is 4.11. The summed E-state index contributed by atoms with van der Waals surface area (Å²) in [5, 5.41) is 11.3. The van der Waals surface area contributed by atoms with E-state index in [1.807, 2.05) is 32.1 Å². The molecule has 0 spiro atoms. The molecule has 1 aromatic carbocycles. The number of ether oxygens (including phenoxy) is 1. The number of hydrogen-bond acceptors (Lipinski definition) is 3. The van der Waals surface area contributed by atoms with Crippen LogP contribution in [0, 0.1) is 13.8 Å². The van der Waals surface area contributed by atoms with E-state index in [0.29, 0.717) is 19.8 Å². The fraction of sp³-hybridized carbons (Fsp3) is 0.438. The average molecular weight is 277 g/mol. The van der Waals surface area contributed by atoms with Crippen LogP contribution >= 0.6 is 0 Å². The maximum absolute atomic E-state index is 11.6. The van der Waals surface area contributed by atoms with E-state index in [1.54, 1.807) is 6.08 Å². The molecule has 0 fully saturated rings. The van der Waals surface area contributed by atoms with Gasteiger partial charge in [-0.25, -0.2) is 0 Å². The van der Waals surface area contributed by atoms with Crippen LogP contribution < -0.4 is 5.32 Å². The van der Waals surface area contributed by atoms with Crippen molar-refractivity contribution >= 4 is 12.0 Å². The quantitative estimate of drug-likeness (QED) is 0.563. The van der Waals surface area contributed by atoms with Gasteiger partial charge in [0.2, 0.25) is 5.91 Å². The molecule has 0 unspecified atom stereocenters. The van der Waals surface area contributed by atoms with Crippen LogP contribution in [-0.4, -0.2) is 37.4 Å². The van der Waals surface area contributed by atoms with Gasteiger partial charge in [0.25, 0.3) is 0 Å². The van der Waals surface area contributed by atoms with Crippen LogP contribution in [0.5, 0.6) is 0 Å². The molecule has 4 heteroatoms. The van der Waals surface area contributed by atoms with E-state index in [2.05, 4.69) is 11.4 Å². The molecule has 0 aliphatic carbocycles. The normalized spacial score (nSPS) is 10.9. The highest BCUT2D eigenvalue weighted by Gasteiger charge is 1.97. The number of carbonyl (C=O) groups is 1. The first-order valence-electron chi connectivity index (χ1n) is 6.85. The number of hydrogen-bond donors (Lipinski definition) is 2. The minimum atomic E-state index is -0.105. The lowest BCUT2D eigenvalue weighted by molar-refractivity contribution is -0.116. The van der Waals surface area contributed by atoms with Crippen LogP contribution in [0.3, 0.4) is 0 Å². The second-order valence-corrected chi connectivity index (χ2v) is 4.67. The van der Waals surface area contributed by atoms with Gasteiger partial charge in [-0.15, -0.1) is 0 Å². The molecule has 0 atom stereocenters. The third kappa shape index (κ3) is 6.50. The van der Waals surface area contributed by atoms with Crippen molar-refractivity contribution in [2.75, 3.05) is 26.4 Å². The highest BCUT2D eigenvalue weighted by Crippen LogP contribution is 2.11. The maximum Gasteiger partial charge on any atom is 0.244 e. The molecule has 0 saturated heterocycles. The van der Waals surface area contributed by atoms with Crippen LogP contribution in [-0.2, 0) is 9.53 Å². The smallest absolute Gasteiger partial charge is 0.244 e. The van der Waals surface area contributed by atoms with Crippen LogP contribution in [0.15, 0.2) is 24.3 Å². The van der Waals surface area contributed by atoms with Gasteiger partial charge in [0, 0.05) is 19.2 Å². The fourth-order valence-corrected chi connectivity index (χ4v) is 1.79.